The number of rotatable bonds is 67. The molecule has 0 saturated heterocycles. The number of phosphoric acid groups is 2. The predicted molar refractivity (Wildman–Crippen MR) is 367 cm³/mol. The molecule has 6 atom stereocenters. The van der Waals surface area contributed by atoms with Crippen LogP contribution in [0, 0.1) is 11.8 Å². The van der Waals surface area contributed by atoms with Gasteiger partial charge in [-0.3, -0.25) is 37.3 Å². The Morgan fingerprint density at radius 3 is 0.978 bits per heavy atom. The Bertz CT molecular complexity index is 1960. The fourth-order valence-electron chi connectivity index (χ4n) is 9.83. The Balaban J connectivity index is 5.32. The van der Waals surface area contributed by atoms with E-state index >= 15 is 0 Å². The molecule has 0 aliphatic heterocycles. The van der Waals surface area contributed by atoms with Crippen molar-refractivity contribution in [2.75, 3.05) is 39.6 Å². The number of carbonyl (C=O) groups is 4. The Morgan fingerprint density at radius 2 is 0.648 bits per heavy atom. The first-order valence-electron chi connectivity index (χ1n) is 36.2. The van der Waals surface area contributed by atoms with Gasteiger partial charge in [-0.1, -0.05) is 264 Å². The first-order chi connectivity index (χ1) is 43.9. The summed E-state index contributed by atoms with van der Waals surface area (Å²) in [5.74, 6) is -0.747. The lowest BCUT2D eigenvalue weighted by Crippen LogP contribution is -2.30. The fourth-order valence-corrected chi connectivity index (χ4v) is 11.4. The van der Waals surface area contributed by atoms with Crippen LogP contribution in [0.1, 0.15) is 318 Å². The molecule has 0 rings (SSSR count). The zero-order valence-corrected chi connectivity index (χ0v) is 59.9. The van der Waals surface area contributed by atoms with Gasteiger partial charge in [0.1, 0.15) is 19.3 Å². The van der Waals surface area contributed by atoms with Crippen LogP contribution in [0.2, 0.25) is 0 Å². The van der Waals surface area contributed by atoms with E-state index in [2.05, 4.69) is 90.2 Å². The number of hydrogen-bond donors (Lipinski definition) is 3. The molecule has 3 N–H and O–H groups in total. The molecule has 0 aromatic heterocycles. The lowest BCUT2D eigenvalue weighted by atomic mass is 10.00. The van der Waals surface area contributed by atoms with E-state index in [1.54, 1.807) is 0 Å². The zero-order chi connectivity index (χ0) is 67.2. The Labute approximate surface area is 553 Å². The highest BCUT2D eigenvalue weighted by Crippen LogP contribution is 2.45. The van der Waals surface area contributed by atoms with Crippen LogP contribution in [0.5, 0.6) is 0 Å². The van der Waals surface area contributed by atoms with Crippen molar-refractivity contribution >= 4 is 39.5 Å². The zero-order valence-electron chi connectivity index (χ0n) is 58.1. The number of esters is 4. The van der Waals surface area contributed by atoms with E-state index in [9.17, 15) is 43.2 Å². The van der Waals surface area contributed by atoms with Crippen molar-refractivity contribution in [3.63, 3.8) is 0 Å². The van der Waals surface area contributed by atoms with Crippen LogP contribution in [0.15, 0.2) is 48.6 Å². The van der Waals surface area contributed by atoms with Crippen LogP contribution in [0.4, 0.5) is 0 Å². The molecular weight excluding hydrogens is 1200 g/mol. The molecular formula is C72H132O17P2. The van der Waals surface area contributed by atoms with Crippen molar-refractivity contribution in [2.45, 2.75) is 336 Å². The van der Waals surface area contributed by atoms with Gasteiger partial charge in [0, 0.05) is 25.7 Å². The number of unbranched alkanes of at least 4 members (excludes halogenated alkanes) is 30. The summed E-state index contributed by atoms with van der Waals surface area (Å²) in [6.07, 6.45) is 54.4. The SMILES string of the molecule is CCCCCC/C=C\C=C/CCCCCCCC(=O)OC[C@H](COP(=O)(O)OCC(O)COP(=O)(O)OC[C@@H](COC(=O)CCCCCCCCCCC(C)C)OC(=O)CCCCCCCCC(C)CC)OC(=O)CCCCCCC/C=C\C=C/CCCCCC. The molecule has 17 nitrogen and oxygen atoms in total. The third-order valence-corrected chi connectivity index (χ3v) is 17.7. The molecule has 532 valence electrons. The van der Waals surface area contributed by atoms with Gasteiger partial charge in [0.2, 0.25) is 0 Å². The van der Waals surface area contributed by atoms with E-state index in [4.69, 9.17) is 37.0 Å². The van der Waals surface area contributed by atoms with E-state index in [0.717, 1.165) is 140 Å². The predicted octanol–water partition coefficient (Wildman–Crippen LogP) is 19.9. The van der Waals surface area contributed by atoms with Gasteiger partial charge in [0.15, 0.2) is 12.2 Å². The van der Waals surface area contributed by atoms with Gasteiger partial charge < -0.3 is 33.8 Å². The van der Waals surface area contributed by atoms with Crippen LogP contribution in [0.3, 0.4) is 0 Å². The molecule has 0 aromatic carbocycles. The second-order valence-corrected chi connectivity index (χ2v) is 28.2. The van der Waals surface area contributed by atoms with E-state index in [1.807, 2.05) is 0 Å². The Kier molecular flexibility index (Phi) is 61.0. The topological polar surface area (TPSA) is 237 Å². The largest absolute Gasteiger partial charge is 0.472 e. The Hall–Kier alpha value is -2.98. The van der Waals surface area contributed by atoms with Crippen molar-refractivity contribution in [3.05, 3.63) is 48.6 Å². The van der Waals surface area contributed by atoms with Gasteiger partial charge in [-0.05, 0) is 88.9 Å². The lowest BCUT2D eigenvalue weighted by Gasteiger charge is -2.21. The summed E-state index contributed by atoms with van der Waals surface area (Å²) in [6.45, 7) is 9.33. The monoisotopic (exact) mass is 1330 g/mol. The van der Waals surface area contributed by atoms with Gasteiger partial charge in [0.05, 0.1) is 26.4 Å². The highest BCUT2D eigenvalue weighted by Gasteiger charge is 2.30. The first-order valence-corrected chi connectivity index (χ1v) is 39.2. The number of ether oxygens (including phenoxy) is 4. The van der Waals surface area contributed by atoms with Crippen molar-refractivity contribution < 1.29 is 80.2 Å². The summed E-state index contributed by atoms with van der Waals surface area (Å²) in [7, 11) is -9.93. The molecule has 0 radical (unpaired) electrons. The Morgan fingerprint density at radius 1 is 0.363 bits per heavy atom. The van der Waals surface area contributed by atoms with Gasteiger partial charge in [0.25, 0.3) is 0 Å². The average molecular weight is 1330 g/mol. The summed E-state index contributed by atoms with van der Waals surface area (Å²) in [4.78, 5) is 72.5. The molecule has 0 heterocycles. The van der Waals surface area contributed by atoms with Gasteiger partial charge >= 0.3 is 39.5 Å². The van der Waals surface area contributed by atoms with Crippen LogP contribution in [-0.2, 0) is 65.4 Å². The maximum absolute atomic E-state index is 13.0. The summed E-state index contributed by atoms with van der Waals surface area (Å²) in [5, 5.41) is 10.6. The van der Waals surface area contributed by atoms with Gasteiger partial charge in [-0.15, -0.1) is 0 Å². The van der Waals surface area contributed by atoms with Gasteiger partial charge in [-0.25, -0.2) is 9.13 Å². The van der Waals surface area contributed by atoms with Crippen LogP contribution in [0.25, 0.3) is 0 Å². The maximum atomic E-state index is 13.0. The highest BCUT2D eigenvalue weighted by atomic mass is 31.2. The summed E-state index contributed by atoms with van der Waals surface area (Å²) in [5.41, 5.74) is 0. The number of phosphoric ester groups is 2. The minimum Gasteiger partial charge on any atom is -0.462 e. The minimum atomic E-state index is -4.97. The molecule has 19 heteroatoms. The molecule has 0 amide bonds. The number of aliphatic hydroxyl groups is 1. The normalized spacial score (nSPS) is 14.7. The number of carbonyl (C=O) groups excluding carboxylic acids is 4. The molecule has 0 bridgehead atoms. The second-order valence-electron chi connectivity index (χ2n) is 25.3. The molecule has 0 fully saturated rings. The molecule has 0 aromatic rings. The number of allylic oxidation sites excluding steroid dienone is 8. The highest BCUT2D eigenvalue weighted by molar-refractivity contribution is 7.47. The quantitative estimate of drug-likeness (QED) is 0.0169. The van der Waals surface area contributed by atoms with E-state index < -0.39 is 97.5 Å². The van der Waals surface area contributed by atoms with Crippen LogP contribution >= 0.6 is 15.6 Å². The molecule has 0 aliphatic carbocycles. The lowest BCUT2D eigenvalue weighted by molar-refractivity contribution is -0.161. The van der Waals surface area contributed by atoms with E-state index in [0.29, 0.717) is 25.7 Å². The third kappa shape index (κ3) is 64.2. The van der Waals surface area contributed by atoms with E-state index in [1.165, 1.54) is 96.3 Å². The third-order valence-electron chi connectivity index (χ3n) is 15.8. The van der Waals surface area contributed by atoms with Crippen molar-refractivity contribution in [2.24, 2.45) is 11.8 Å². The smallest absolute Gasteiger partial charge is 0.462 e. The van der Waals surface area contributed by atoms with E-state index in [-0.39, 0.29) is 25.7 Å². The molecule has 91 heavy (non-hydrogen) atoms. The molecule has 0 spiro atoms. The van der Waals surface area contributed by atoms with Crippen molar-refractivity contribution in [1.29, 1.82) is 0 Å². The maximum Gasteiger partial charge on any atom is 0.472 e. The molecule has 0 aliphatic rings. The number of aliphatic hydroxyl groups excluding tert-OH is 1. The van der Waals surface area contributed by atoms with Crippen molar-refractivity contribution in [3.8, 4) is 0 Å². The first kappa shape index (κ1) is 88.0. The standard InChI is InChI=1S/C72H132O17P2/c1-7-10-12-14-16-18-20-22-24-26-28-30-35-42-48-54-69(74)82-60-67(88-71(76)56-50-44-37-31-29-27-25-23-21-19-17-15-13-11-8-2)62-86-90(78,79)84-58-66(73)59-85-91(80,81)87-63-68(89-72(77)57-51-45-39-38-41-47-53-65(6)9-3)61-83-70(75)55-49-43-36-33-32-34-40-46-52-64(4)5/h18-25,64-68,73H,7-17,26-63H2,1-6H3,(H,78,79)(H,80,81)/b20-18-,21-19-,24-22-,25-23-/t65?,66?,67-,68-/m1/s1. The summed E-state index contributed by atoms with van der Waals surface area (Å²) in [6, 6.07) is 0. The van der Waals surface area contributed by atoms with Crippen LogP contribution < -0.4 is 0 Å². The summed E-state index contributed by atoms with van der Waals surface area (Å²) >= 11 is 0. The van der Waals surface area contributed by atoms with Crippen LogP contribution in [-0.4, -0.2) is 96.7 Å². The summed E-state index contributed by atoms with van der Waals surface area (Å²) < 4.78 is 68.2. The fraction of sp³-hybridized carbons (Fsp3) is 0.833. The molecule has 4 unspecified atom stereocenters. The van der Waals surface area contributed by atoms with Gasteiger partial charge in [-0.2, -0.15) is 0 Å². The molecule has 0 saturated carbocycles. The average Bonchev–Trinajstić information content (AvgIpc) is 3.57. The number of hydrogen-bond acceptors (Lipinski definition) is 15. The van der Waals surface area contributed by atoms with Crippen molar-refractivity contribution in [1.82, 2.24) is 0 Å². The minimum absolute atomic E-state index is 0.0777. The second kappa shape index (κ2) is 63.1.